The number of aliphatic hydroxyl groups excluding tert-OH is 2. The quantitative estimate of drug-likeness (QED) is 0.371. The highest BCUT2D eigenvalue weighted by Crippen LogP contribution is 2.67. The van der Waals surface area contributed by atoms with Crippen LogP contribution in [0.5, 0.6) is 0 Å². The first kappa shape index (κ1) is 31.5. The second-order valence-corrected chi connectivity index (χ2v) is 14.1. The highest BCUT2D eigenvalue weighted by Gasteiger charge is 2.68. The number of nitrogens with zero attached hydrogens (tertiary/aromatic N) is 1. The fourth-order valence-corrected chi connectivity index (χ4v) is 8.39. The molecule has 2 bridgehead atoms. The Morgan fingerprint density at radius 3 is 2.46 bits per heavy atom. The number of ether oxygens (including phenoxy) is 2. The Hall–Kier alpha value is -2.02. The summed E-state index contributed by atoms with van der Waals surface area (Å²) in [6, 6.07) is 0. The predicted molar refractivity (Wildman–Crippen MR) is 143 cm³/mol. The van der Waals surface area contributed by atoms with E-state index in [1.807, 2.05) is 26.1 Å². The van der Waals surface area contributed by atoms with Crippen LogP contribution in [0, 0.1) is 34.0 Å². The summed E-state index contributed by atoms with van der Waals surface area (Å²) in [5.74, 6) is -0.402. The minimum Gasteiger partial charge on any atom is -0.448 e. The number of nitrogens with one attached hydrogen (secondary N) is 1. The number of Topliss-reactive ketones (excluding diaryl/α,β-unsaturated/α-hetero) is 1. The lowest BCUT2D eigenvalue weighted by Gasteiger charge is -2.61. The van der Waals surface area contributed by atoms with Gasteiger partial charge in [0.2, 0.25) is 10.0 Å². The van der Waals surface area contributed by atoms with Crippen molar-refractivity contribution in [3.63, 3.8) is 0 Å². The van der Waals surface area contributed by atoms with Gasteiger partial charge in [-0.2, -0.15) is 4.31 Å². The van der Waals surface area contributed by atoms with Crippen LogP contribution in [0.15, 0.2) is 12.7 Å². The van der Waals surface area contributed by atoms with E-state index in [0.29, 0.717) is 12.8 Å². The molecule has 3 aliphatic rings. The number of ketones is 1. The van der Waals surface area contributed by atoms with E-state index in [-0.39, 0.29) is 43.7 Å². The molecule has 3 rings (SSSR count). The van der Waals surface area contributed by atoms with Crippen molar-refractivity contribution in [3.8, 4) is 0 Å². The molecule has 0 aromatic heterocycles. The number of carbonyl (C=O) groups excluding carboxylic acids is 3. The van der Waals surface area contributed by atoms with Gasteiger partial charge in [-0.3, -0.25) is 4.79 Å². The maximum atomic E-state index is 13.4. The van der Waals surface area contributed by atoms with Crippen molar-refractivity contribution in [1.82, 2.24) is 9.62 Å². The fourth-order valence-electron chi connectivity index (χ4n) is 7.57. The molecule has 3 N–H and O–H groups in total. The molecule has 12 heteroatoms. The first-order valence-corrected chi connectivity index (χ1v) is 15.5. The third-order valence-electron chi connectivity index (χ3n) is 10.1. The summed E-state index contributed by atoms with van der Waals surface area (Å²) in [6.07, 6.45) is 1.82. The third-order valence-corrected chi connectivity index (χ3v) is 11.5. The zero-order valence-electron chi connectivity index (χ0n) is 23.6. The second kappa shape index (κ2) is 11.5. The van der Waals surface area contributed by atoms with E-state index in [1.165, 1.54) is 0 Å². The number of hydrogen-bond donors (Lipinski definition) is 3. The van der Waals surface area contributed by atoms with Gasteiger partial charge in [0.05, 0.1) is 19.0 Å². The topological polar surface area (TPSA) is 160 Å². The van der Waals surface area contributed by atoms with Crippen LogP contribution in [0.1, 0.15) is 59.8 Å². The predicted octanol–water partition coefficient (Wildman–Crippen LogP) is 2.47. The van der Waals surface area contributed by atoms with Gasteiger partial charge in [-0.15, -0.1) is 6.58 Å². The van der Waals surface area contributed by atoms with Gasteiger partial charge >= 0.3 is 12.2 Å². The normalized spacial score (nSPS) is 38.4. The average Bonchev–Trinajstić information content (AvgIpc) is 3.21. The average molecular weight is 573 g/mol. The summed E-state index contributed by atoms with van der Waals surface area (Å²) in [4.78, 5) is 38.7. The van der Waals surface area contributed by atoms with Crippen molar-refractivity contribution in [3.05, 3.63) is 12.7 Å². The first-order chi connectivity index (χ1) is 18.1. The molecule has 0 aromatic rings. The largest absolute Gasteiger partial charge is 0.448 e. The van der Waals surface area contributed by atoms with Crippen molar-refractivity contribution < 1.29 is 42.5 Å². The Bertz CT molecular complexity index is 1080. The zero-order valence-corrected chi connectivity index (χ0v) is 24.5. The maximum absolute atomic E-state index is 13.4. The molecule has 0 heterocycles. The van der Waals surface area contributed by atoms with Gasteiger partial charge in [0, 0.05) is 36.3 Å². The third kappa shape index (κ3) is 5.75. The number of amides is 2. The van der Waals surface area contributed by atoms with Crippen LogP contribution in [0.25, 0.3) is 0 Å². The Kier molecular flexibility index (Phi) is 9.26. The SMILES string of the molecule is C=C[C@]1(C)C[C@@H](OC(=O)NC(=O)OCCN(CCO)S(C)(=O)=O)[C@@]2(C)C(C)CC[C@]3(CCC(=O)[C@H]32)[C@@H](C)[C@@H]1O. The zero-order chi connectivity index (χ0) is 29.4. The van der Waals surface area contributed by atoms with Crippen LogP contribution >= 0.6 is 0 Å². The van der Waals surface area contributed by atoms with Crippen molar-refractivity contribution >= 4 is 28.0 Å². The fraction of sp³-hybridized carbons (Fsp3) is 0.815. The highest BCUT2D eigenvalue weighted by molar-refractivity contribution is 7.88. The smallest absolute Gasteiger partial charge is 0.416 e. The number of carbonyl (C=O) groups is 3. The molecule has 3 aliphatic carbocycles. The minimum absolute atomic E-state index is 0.0347. The molecule has 222 valence electrons. The lowest BCUT2D eigenvalue weighted by atomic mass is 9.44. The minimum atomic E-state index is -3.61. The molecule has 0 aliphatic heterocycles. The van der Waals surface area contributed by atoms with E-state index >= 15 is 0 Å². The van der Waals surface area contributed by atoms with Crippen LogP contribution in [0.4, 0.5) is 9.59 Å². The summed E-state index contributed by atoms with van der Waals surface area (Å²) < 4.78 is 35.3. The van der Waals surface area contributed by atoms with Gasteiger partial charge in [-0.1, -0.05) is 33.8 Å². The van der Waals surface area contributed by atoms with Gasteiger partial charge in [-0.05, 0) is 42.9 Å². The molecular formula is C27H44N2O9S. The number of rotatable bonds is 8. The van der Waals surface area contributed by atoms with Crippen molar-refractivity contribution in [2.24, 2.45) is 34.0 Å². The molecule has 8 atom stereocenters. The Morgan fingerprint density at radius 1 is 1.21 bits per heavy atom. The van der Waals surface area contributed by atoms with Crippen molar-refractivity contribution in [2.75, 3.05) is 32.6 Å². The Balaban J connectivity index is 1.81. The monoisotopic (exact) mass is 572 g/mol. The Morgan fingerprint density at radius 2 is 1.87 bits per heavy atom. The van der Waals surface area contributed by atoms with E-state index in [2.05, 4.69) is 13.5 Å². The molecule has 0 aromatic carbocycles. The highest BCUT2D eigenvalue weighted by atomic mass is 32.2. The summed E-state index contributed by atoms with van der Waals surface area (Å²) in [6.45, 7) is 10.8. The lowest BCUT2D eigenvalue weighted by Crippen LogP contribution is -2.63. The number of alkyl carbamates (subject to hydrolysis) is 2. The second-order valence-electron chi connectivity index (χ2n) is 12.1. The summed E-state index contributed by atoms with van der Waals surface area (Å²) in [5.41, 5.74) is -1.96. The number of hydrogen-bond acceptors (Lipinski definition) is 9. The van der Waals surface area contributed by atoms with E-state index in [1.54, 1.807) is 6.08 Å². The molecule has 11 nitrogen and oxygen atoms in total. The molecule has 0 saturated heterocycles. The van der Waals surface area contributed by atoms with E-state index < -0.39 is 63.2 Å². The van der Waals surface area contributed by atoms with Crippen molar-refractivity contribution in [2.45, 2.75) is 72.0 Å². The first-order valence-electron chi connectivity index (χ1n) is 13.6. The van der Waals surface area contributed by atoms with Crippen LogP contribution in [0.3, 0.4) is 0 Å². The number of aliphatic hydroxyl groups is 2. The lowest BCUT2D eigenvalue weighted by molar-refractivity contribution is -0.191. The molecular weight excluding hydrogens is 528 g/mol. The molecule has 0 radical (unpaired) electrons. The Labute approximate surface area is 231 Å². The van der Waals surface area contributed by atoms with Crippen LogP contribution < -0.4 is 5.32 Å². The van der Waals surface area contributed by atoms with Crippen molar-refractivity contribution in [1.29, 1.82) is 0 Å². The molecule has 1 unspecified atom stereocenters. The summed E-state index contributed by atoms with van der Waals surface area (Å²) in [5, 5.41) is 22.6. The van der Waals surface area contributed by atoms with Gasteiger partial charge in [0.1, 0.15) is 18.5 Å². The van der Waals surface area contributed by atoms with Crippen LogP contribution in [0.2, 0.25) is 0 Å². The van der Waals surface area contributed by atoms with Gasteiger partial charge in [0.25, 0.3) is 0 Å². The van der Waals surface area contributed by atoms with Crippen LogP contribution in [-0.2, 0) is 24.3 Å². The number of sulfonamides is 1. The van der Waals surface area contributed by atoms with Crippen LogP contribution in [-0.4, -0.2) is 85.7 Å². The molecule has 0 spiro atoms. The standard InChI is InChI=1S/C27H44N2O9S/c1-7-25(4)16-20(38-24(34)28-23(33)37-15-13-29(12-14-30)39(6,35)36)26(5)17(2)8-10-27(18(3)22(25)32)11-9-19(31)21(26)27/h7,17-18,20-22,30,32H,1,8-16H2,2-6H3,(H,28,33,34)/t17?,18-,20+,21-,22-,25+,26+,27-/m0/s1. The molecule has 2 amide bonds. The summed E-state index contributed by atoms with van der Waals surface area (Å²) in [7, 11) is -3.61. The van der Waals surface area contributed by atoms with Gasteiger partial charge < -0.3 is 19.7 Å². The maximum Gasteiger partial charge on any atom is 0.416 e. The molecule has 3 saturated carbocycles. The van der Waals surface area contributed by atoms with E-state index in [9.17, 15) is 27.9 Å². The van der Waals surface area contributed by atoms with Gasteiger partial charge in [0.15, 0.2) is 0 Å². The van der Waals surface area contributed by atoms with Gasteiger partial charge in [-0.25, -0.2) is 23.3 Å². The van der Waals surface area contributed by atoms with E-state index in [0.717, 1.165) is 23.4 Å². The molecule has 3 fully saturated rings. The van der Waals surface area contributed by atoms with E-state index in [4.69, 9.17) is 14.6 Å². The number of imide groups is 1. The summed E-state index contributed by atoms with van der Waals surface area (Å²) >= 11 is 0. The molecule has 39 heavy (non-hydrogen) atoms.